The van der Waals surface area contributed by atoms with Gasteiger partial charge in [0.1, 0.15) is 5.60 Å². The van der Waals surface area contributed by atoms with Crippen LogP contribution in [0.5, 0.6) is 0 Å². The number of hydrogen-bond acceptors (Lipinski definition) is 3. The number of likely N-dealkylation sites (tertiary alicyclic amines) is 1. The third-order valence-electron chi connectivity index (χ3n) is 3.04. The van der Waals surface area contributed by atoms with Crippen molar-refractivity contribution in [3.63, 3.8) is 0 Å². The number of ether oxygens (including phenoxy) is 1. The van der Waals surface area contributed by atoms with Crippen LogP contribution in [0.15, 0.2) is 0 Å². The number of nitrogens with zero attached hydrogens (tertiary/aromatic N) is 1. The highest BCUT2D eigenvalue weighted by atomic mass is 16.6. The summed E-state index contributed by atoms with van der Waals surface area (Å²) < 4.78 is 5.45. The Balaban J connectivity index is 2.41. The molecule has 0 aromatic rings. The summed E-state index contributed by atoms with van der Waals surface area (Å²) in [6.07, 6.45) is 3.04. The fourth-order valence-corrected chi connectivity index (χ4v) is 2.24. The van der Waals surface area contributed by atoms with Gasteiger partial charge in [-0.1, -0.05) is 13.8 Å². The van der Waals surface area contributed by atoms with E-state index in [9.17, 15) is 4.79 Å². The molecule has 0 spiro atoms. The number of amides is 1. The van der Waals surface area contributed by atoms with E-state index in [4.69, 9.17) is 4.74 Å². The van der Waals surface area contributed by atoms with Gasteiger partial charge in [0.2, 0.25) is 0 Å². The van der Waals surface area contributed by atoms with Crippen molar-refractivity contribution >= 4 is 6.09 Å². The summed E-state index contributed by atoms with van der Waals surface area (Å²) in [6, 6.07) is 0.840. The smallest absolute Gasteiger partial charge is 0.410 e. The Kier molecular flexibility index (Phi) is 5.45. The molecular weight excluding hydrogens is 228 g/mol. The second kappa shape index (κ2) is 6.41. The minimum absolute atomic E-state index is 0.158. The van der Waals surface area contributed by atoms with Gasteiger partial charge in [-0.2, -0.15) is 0 Å². The topological polar surface area (TPSA) is 41.6 Å². The number of carbonyl (C=O) groups is 1. The molecule has 1 aliphatic heterocycles. The number of rotatable bonds is 4. The van der Waals surface area contributed by atoms with Gasteiger partial charge in [-0.3, -0.25) is 0 Å². The van der Waals surface area contributed by atoms with Gasteiger partial charge in [0.05, 0.1) is 0 Å². The molecule has 1 unspecified atom stereocenters. The van der Waals surface area contributed by atoms with E-state index in [1.807, 2.05) is 25.7 Å². The van der Waals surface area contributed by atoms with Gasteiger partial charge in [-0.05, 0) is 46.6 Å². The summed E-state index contributed by atoms with van der Waals surface area (Å²) in [6.45, 7) is 11.8. The lowest BCUT2D eigenvalue weighted by Gasteiger charge is -2.28. The molecule has 1 fully saturated rings. The van der Waals surface area contributed by atoms with Crippen LogP contribution in [0.25, 0.3) is 0 Å². The van der Waals surface area contributed by atoms with Crippen LogP contribution in [0.1, 0.15) is 53.9 Å². The monoisotopic (exact) mass is 256 g/mol. The van der Waals surface area contributed by atoms with E-state index in [2.05, 4.69) is 19.2 Å². The lowest BCUT2D eigenvalue weighted by molar-refractivity contribution is 0.0220. The van der Waals surface area contributed by atoms with Crippen molar-refractivity contribution in [2.75, 3.05) is 13.1 Å². The van der Waals surface area contributed by atoms with E-state index in [0.29, 0.717) is 12.1 Å². The lowest BCUT2D eigenvalue weighted by atomic mass is 10.1. The van der Waals surface area contributed by atoms with Crippen molar-refractivity contribution < 1.29 is 9.53 Å². The Morgan fingerprint density at radius 3 is 2.67 bits per heavy atom. The zero-order valence-electron chi connectivity index (χ0n) is 12.5. The van der Waals surface area contributed by atoms with Crippen molar-refractivity contribution in [2.45, 2.75) is 71.6 Å². The second-order valence-corrected chi connectivity index (χ2v) is 6.37. The Bertz CT molecular complexity index is 271. The summed E-state index contributed by atoms with van der Waals surface area (Å²) in [4.78, 5) is 13.9. The van der Waals surface area contributed by atoms with Gasteiger partial charge in [0.15, 0.2) is 0 Å². The van der Waals surface area contributed by atoms with Crippen LogP contribution in [0.4, 0.5) is 4.79 Å². The lowest BCUT2D eigenvalue weighted by Crippen LogP contribution is -2.41. The van der Waals surface area contributed by atoms with E-state index in [1.165, 1.54) is 0 Å². The molecule has 1 heterocycles. The van der Waals surface area contributed by atoms with Crippen LogP contribution in [0.3, 0.4) is 0 Å². The largest absolute Gasteiger partial charge is 0.444 e. The Morgan fingerprint density at radius 2 is 2.11 bits per heavy atom. The number of hydrogen-bond donors (Lipinski definition) is 1. The maximum absolute atomic E-state index is 12.1. The van der Waals surface area contributed by atoms with Crippen molar-refractivity contribution in [2.24, 2.45) is 0 Å². The zero-order chi connectivity index (χ0) is 13.8. The quantitative estimate of drug-likeness (QED) is 0.841. The highest BCUT2D eigenvalue weighted by Crippen LogP contribution is 2.22. The van der Waals surface area contributed by atoms with Crippen LogP contribution >= 0.6 is 0 Å². The van der Waals surface area contributed by atoms with Gasteiger partial charge in [0, 0.05) is 18.6 Å². The molecule has 0 aliphatic carbocycles. The molecule has 1 atom stereocenters. The molecule has 1 rings (SSSR count). The minimum Gasteiger partial charge on any atom is -0.444 e. The third kappa shape index (κ3) is 5.25. The zero-order valence-corrected chi connectivity index (χ0v) is 12.5. The molecule has 1 aliphatic rings. The van der Waals surface area contributed by atoms with E-state index in [0.717, 1.165) is 32.4 Å². The summed E-state index contributed by atoms with van der Waals surface area (Å²) >= 11 is 0. The molecular formula is C14H28N2O2. The fraction of sp³-hybridized carbons (Fsp3) is 0.929. The second-order valence-electron chi connectivity index (χ2n) is 6.37. The van der Waals surface area contributed by atoms with Crippen molar-refractivity contribution in [3.05, 3.63) is 0 Å². The van der Waals surface area contributed by atoms with Crippen LogP contribution in [0.2, 0.25) is 0 Å². The van der Waals surface area contributed by atoms with Crippen LogP contribution < -0.4 is 5.32 Å². The standard InChI is InChI=1S/C14H28N2O2/c1-11(2)15-9-8-12-7-6-10-16(12)13(17)18-14(3,4)5/h11-12,15H,6-10H2,1-5H3. The highest BCUT2D eigenvalue weighted by Gasteiger charge is 2.31. The van der Waals surface area contributed by atoms with Gasteiger partial charge in [0.25, 0.3) is 0 Å². The summed E-state index contributed by atoms with van der Waals surface area (Å²) in [5.41, 5.74) is -0.402. The van der Waals surface area contributed by atoms with Gasteiger partial charge >= 0.3 is 6.09 Å². The first-order valence-corrected chi connectivity index (χ1v) is 7.02. The average molecular weight is 256 g/mol. The van der Waals surface area contributed by atoms with Crippen molar-refractivity contribution in [1.82, 2.24) is 10.2 Å². The van der Waals surface area contributed by atoms with Gasteiger partial charge < -0.3 is 15.0 Å². The summed E-state index contributed by atoms with van der Waals surface area (Å²) in [5.74, 6) is 0. The molecule has 4 nitrogen and oxygen atoms in total. The molecule has 1 amide bonds. The third-order valence-corrected chi connectivity index (χ3v) is 3.04. The maximum Gasteiger partial charge on any atom is 0.410 e. The molecule has 0 aromatic carbocycles. The fourth-order valence-electron chi connectivity index (χ4n) is 2.24. The Hall–Kier alpha value is -0.770. The molecule has 0 radical (unpaired) electrons. The summed E-state index contributed by atoms with van der Waals surface area (Å²) in [5, 5.41) is 3.40. The molecule has 18 heavy (non-hydrogen) atoms. The van der Waals surface area contributed by atoms with Gasteiger partial charge in [-0.15, -0.1) is 0 Å². The van der Waals surface area contributed by atoms with Crippen LogP contribution in [-0.4, -0.2) is 41.8 Å². The first kappa shape index (κ1) is 15.3. The molecule has 0 saturated carbocycles. The minimum atomic E-state index is -0.402. The molecule has 1 saturated heterocycles. The highest BCUT2D eigenvalue weighted by molar-refractivity contribution is 5.68. The Morgan fingerprint density at radius 1 is 1.44 bits per heavy atom. The normalized spacial score (nSPS) is 20.6. The van der Waals surface area contributed by atoms with E-state index < -0.39 is 5.60 Å². The van der Waals surface area contributed by atoms with E-state index in [-0.39, 0.29) is 6.09 Å². The average Bonchev–Trinajstić information content (AvgIpc) is 2.62. The number of nitrogens with one attached hydrogen (secondary N) is 1. The first-order chi connectivity index (χ1) is 8.29. The first-order valence-electron chi connectivity index (χ1n) is 7.02. The van der Waals surface area contributed by atoms with Crippen LogP contribution in [-0.2, 0) is 4.74 Å². The number of carbonyl (C=O) groups excluding carboxylic acids is 1. The summed E-state index contributed by atoms with van der Waals surface area (Å²) in [7, 11) is 0. The van der Waals surface area contributed by atoms with E-state index in [1.54, 1.807) is 0 Å². The SMILES string of the molecule is CC(C)NCCC1CCCN1C(=O)OC(C)(C)C. The molecule has 1 N–H and O–H groups in total. The van der Waals surface area contributed by atoms with Crippen molar-refractivity contribution in [1.29, 1.82) is 0 Å². The molecule has 4 heteroatoms. The predicted molar refractivity (Wildman–Crippen MR) is 73.7 cm³/mol. The van der Waals surface area contributed by atoms with Crippen molar-refractivity contribution in [3.8, 4) is 0 Å². The molecule has 0 aromatic heterocycles. The molecule has 106 valence electrons. The van der Waals surface area contributed by atoms with Crippen LogP contribution in [0, 0.1) is 0 Å². The van der Waals surface area contributed by atoms with Gasteiger partial charge in [-0.25, -0.2) is 4.79 Å². The molecule has 0 bridgehead atoms. The maximum atomic E-state index is 12.1. The van der Waals surface area contributed by atoms with E-state index >= 15 is 0 Å². The Labute approximate surface area is 111 Å². The predicted octanol–water partition coefficient (Wildman–Crippen LogP) is 2.77.